The van der Waals surface area contributed by atoms with Gasteiger partial charge in [-0.15, -0.1) is 0 Å². The van der Waals surface area contributed by atoms with Crippen LogP contribution >= 0.6 is 0 Å². The van der Waals surface area contributed by atoms with Gasteiger partial charge in [-0.05, 0) is 32.1 Å². The van der Waals surface area contributed by atoms with Crippen LogP contribution < -0.4 is 10.6 Å². The number of rotatable bonds is 8. The summed E-state index contributed by atoms with van der Waals surface area (Å²) >= 11 is 0. The highest BCUT2D eigenvalue weighted by Crippen LogP contribution is 2.15. The molecule has 1 rings (SSSR count). The first-order valence-electron chi connectivity index (χ1n) is 7.37. The molecule has 0 amide bonds. The molecule has 2 N–H and O–H groups in total. The van der Waals surface area contributed by atoms with Crippen molar-refractivity contribution in [3.8, 4) is 0 Å². The summed E-state index contributed by atoms with van der Waals surface area (Å²) in [6, 6.07) is 2.42. The van der Waals surface area contributed by atoms with E-state index in [2.05, 4.69) is 48.3 Å². The molecular formula is C15H28N4. The van der Waals surface area contributed by atoms with Crippen LogP contribution in [-0.2, 0) is 6.42 Å². The zero-order chi connectivity index (χ0) is 14.3. The van der Waals surface area contributed by atoms with Crippen LogP contribution in [0, 0.1) is 5.92 Å². The van der Waals surface area contributed by atoms with Gasteiger partial charge in [0.05, 0.1) is 0 Å². The van der Waals surface area contributed by atoms with Gasteiger partial charge in [-0.25, -0.2) is 9.97 Å². The molecule has 0 radical (unpaired) electrons. The van der Waals surface area contributed by atoms with Gasteiger partial charge in [-0.1, -0.05) is 20.8 Å². The fourth-order valence-electron chi connectivity index (χ4n) is 1.94. The Bertz CT molecular complexity index is 376. The number of aromatic nitrogens is 2. The smallest absolute Gasteiger partial charge is 0.133 e. The molecule has 1 aromatic heterocycles. The summed E-state index contributed by atoms with van der Waals surface area (Å²) in [6.45, 7) is 8.88. The first kappa shape index (κ1) is 15.7. The van der Waals surface area contributed by atoms with Gasteiger partial charge in [0, 0.05) is 25.6 Å². The Morgan fingerprint density at radius 2 is 1.79 bits per heavy atom. The predicted molar refractivity (Wildman–Crippen MR) is 82.7 cm³/mol. The molecule has 0 saturated heterocycles. The maximum atomic E-state index is 4.58. The molecular weight excluding hydrogens is 236 g/mol. The zero-order valence-corrected chi connectivity index (χ0v) is 13.0. The molecule has 0 aromatic carbocycles. The average molecular weight is 264 g/mol. The van der Waals surface area contributed by atoms with Crippen molar-refractivity contribution in [2.45, 2.75) is 59.4 Å². The summed E-state index contributed by atoms with van der Waals surface area (Å²) in [7, 11) is 1.89. The Morgan fingerprint density at radius 3 is 2.37 bits per heavy atom. The van der Waals surface area contributed by atoms with Crippen LogP contribution in [0.4, 0.5) is 11.6 Å². The molecule has 1 unspecified atom stereocenters. The van der Waals surface area contributed by atoms with Crippen LogP contribution in [0.25, 0.3) is 0 Å². The second-order valence-corrected chi connectivity index (χ2v) is 5.57. The van der Waals surface area contributed by atoms with Crippen LogP contribution in [0.3, 0.4) is 0 Å². The van der Waals surface area contributed by atoms with E-state index < -0.39 is 0 Å². The lowest BCUT2D eigenvalue weighted by molar-refractivity contribution is 0.527. The van der Waals surface area contributed by atoms with Crippen molar-refractivity contribution in [2.24, 2.45) is 5.92 Å². The Hall–Kier alpha value is -1.32. The first-order valence-corrected chi connectivity index (χ1v) is 7.37. The fourth-order valence-corrected chi connectivity index (χ4v) is 1.94. The number of anilines is 2. The highest BCUT2D eigenvalue weighted by molar-refractivity contribution is 5.47. The minimum absolute atomic E-state index is 0.441. The number of aryl methyl sites for hydroxylation is 1. The van der Waals surface area contributed by atoms with Crippen molar-refractivity contribution in [1.82, 2.24) is 9.97 Å². The zero-order valence-electron chi connectivity index (χ0n) is 13.0. The number of hydrogen-bond donors (Lipinski definition) is 2. The van der Waals surface area contributed by atoms with Crippen molar-refractivity contribution in [3.63, 3.8) is 0 Å². The van der Waals surface area contributed by atoms with Crippen molar-refractivity contribution < 1.29 is 0 Å². The van der Waals surface area contributed by atoms with Gasteiger partial charge in [-0.2, -0.15) is 0 Å². The molecule has 0 aliphatic heterocycles. The van der Waals surface area contributed by atoms with Crippen LogP contribution in [0.15, 0.2) is 6.07 Å². The molecule has 108 valence electrons. The minimum Gasteiger partial charge on any atom is -0.373 e. The highest BCUT2D eigenvalue weighted by atomic mass is 15.1. The lowest BCUT2D eigenvalue weighted by Gasteiger charge is -2.16. The van der Waals surface area contributed by atoms with E-state index in [1.165, 1.54) is 12.8 Å². The van der Waals surface area contributed by atoms with E-state index in [0.717, 1.165) is 36.2 Å². The summed E-state index contributed by atoms with van der Waals surface area (Å²) in [4.78, 5) is 9.04. The standard InChI is InChI=1S/C15H28N4/c1-6-7-13-18-14(16-5)10-15(19-13)17-12(4)9-8-11(2)3/h10-12H,6-9H2,1-5H3,(H2,16,17,18,19). The summed E-state index contributed by atoms with van der Waals surface area (Å²) in [5.41, 5.74) is 0. The molecule has 19 heavy (non-hydrogen) atoms. The summed E-state index contributed by atoms with van der Waals surface area (Å²) in [5, 5.41) is 6.58. The van der Waals surface area contributed by atoms with Gasteiger partial charge in [0.25, 0.3) is 0 Å². The van der Waals surface area contributed by atoms with E-state index in [4.69, 9.17) is 0 Å². The fraction of sp³-hybridized carbons (Fsp3) is 0.733. The van der Waals surface area contributed by atoms with Gasteiger partial charge in [0.2, 0.25) is 0 Å². The van der Waals surface area contributed by atoms with Crippen LogP contribution in [-0.4, -0.2) is 23.1 Å². The van der Waals surface area contributed by atoms with Crippen LogP contribution in [0.5, 0.6) is 0 Å². The predicted octanol–water partition coefficient (Wildman–Crippen LogP) is 3.71. The second-order valence-electron chi connectivity index (χ2n) is 5.57. The average Bonchev–Trinajstić information content (AvgIpc) is 2.36. The molecule has 4 nitrogen and oxygen atoms in total. The van der Waals surface area contributed by atoms with E-state index in [0.29, 0.717) is 6.04 Å². The second kappa shape index (κ2) is 7.97. The maximum Gasteiger partial charge on any atom is 0.133 e. The third kappa shape index (κ3) is 5.90. The van der Waals surface area contributed by atoms with Gasteiger partial charge in [0.1, 0.15) is 17.5 Å². The van der Waals surface area contributed by atoms with E-state index in [9.17, 15) is 0 Å². The number of hydrogen-bond acceptors (Lipinski definition) is 4. The van der Waals surface area contributed by atoms with Crippen LogP contribution in [0.2, 0.25) is 0 Å². The first-order chi connectivity index (χ1) is 9.05. The highest BCUT2D eigenvalue weighted by Gasteiger charge is 2.07. The van der Waals surface area contributed by atoms with E-state index in [1.54, 1.807) is 0 Å². The van der Waals surface area contributed by atoms with Crippen LogP contribution in [0.1, 0.15) is 52.8 Å². The SMILES string of the molecule is CCCc1nc(NC)cc(NC(C)CCC(C)C)n1. The molecule has 0 bridgehead atoms. The summed E-state index contributed by atoms with van der Waals surface area (Å²) in [5.74, 6) is 3.47. The Labute approximate surface area is 117 Å². The Kier molecular flexibility index (Phi) is 6.60. The third-order valence-corrected chi connectivity index (χ3v) is 3.07. The van der Waals surface area contributed by atoms with E-state index in [1.807, 2.05) is 13.1 Å². The third-order valence-electron chi connectivity index (χ3n) is 3.07. The molecule has 0 fully saturated rings. The molecule has 0 spiro atoms. The molecule has 4 heteroatoms. The Balaban J connectivity index is 2.67. The monoisotopic (exact) mass is 264 g/mol. The van der Waals surface area contributed by atoms with E-state index >= 15 is 0 Å². The molecule has 1 aromatic rings. The van der Waals surface area contributed by atoms with Gasteiger partial charge < -0.3 is 10.6 Å². The Morgan fingerprint density at radius 1 is 1.11 bits per heavy atom. The van der Waals surface area contributed by atoms with Gasteiger partial charge >= 0.3 is 0 Å². The van der Waals surface area contributed by atoms with Gasteiger partial charge in [0.15, 0.2) is 0 Å². The summed E-state index contributed by atoms with van der Waals surface area (Å²) < 4.78 is 0. The van der Waals surface area contributed by atoms with Crippen molar-refractivity contribution in [2.75, 3.05) is 17.7 Å². The number of nitrogens with one attached hydrogen (secondary N) is 2. The van der Waals surface area contributed by atoms with Crippen molar-refractivity contribution in [1.29, 1.82) is 0 Å². The molecule has 1 heterocycles. The minimum atomic E-state index is 0.441. The van der Waals surface area contributed by atoms with Crippen molar-refractivity contribution in [3.05, 3.63) is 11.9 Å². The molecule has 0 aliphatic rings. The van der Waals surface area contributed by atoms with Crippen molar-refractivity contribution >= 4 is 11.6 Å². The lowest BCUT2D eigenvalue weighted by Crippen LogP contribution is -2.17. The number of nitrogens with zero attached hydrogens (tertiary/aromatic N) is 2. The van der Waals surface area contributed by atoms with E-state index in [-0.39, 0.29) is 0 Å². The molecule has 0 aliphatic carbocycles. The topological polar surface area (TPSA) is 49.8 Å². The largest absolute Gasteiger partial charge is 0.373 e. The molecule has 1 atom stereocenters. The maximum absolute atomic E-state index is 4.58. The van der Waals surface area contributed by atoms with Gasteiger partial charge in [-0.3, -0.25) is 0 Å². The molecule has 0 saturated carbocycles. The quantitative estimate of drug-likeness (QED) is 0.751. The summed E-state index contributed by atoms with van der Waals surface area (Å²) in [6.07, 6.45) is 4.39. The normalized spacial score (nSPS) is 12.5. The lowest BCUT2D eigenvalue weighted by atomic mass is 10.0.